The first-order chi connectivity index (χ1) is 7.11. The number of benzene rings is 1. The molecule has 0 saturated heterocycles. The maximum Gasteiger partial charge on any atom is 0.375 e. The van der Waals surface area contributed by atoms with Gasteiger partial charge in [-0.25, -0.2) is 0 Å². The molecule has 9 heteroatoms. The molecule has 0 atom stereocenters. The summed E-state index contributed by atoms with van der Waals surface area (Å²) in [5.74, 6) is 0. The quantitative estimate of drug-likeness (QED) is 0.574. The van der Waals surface area contributed by atoms with Crippen LogP contribution in [0.25, 0.3) is 11.0 Å². The van der Waals surface area contributed by atoms with E-state index in [2.05, 4.69) is 15.4 Å². The van der Waals surface area contributed by atoms with Crippen LogP contribution in [-0.2, 0) is 0 Å². The van der Waals surface area contributed by atoms with E-state index in [9.17, 15) is 20.2 Å². The van der Waals surface area contributed by atoms with E-state index in [-0.39, 0.29) is 11.0 Å². The third-order valence-corrected chi connectivity index (χ3v) is 1.83. The SMILES string of the molecule is O=[N+]([O-])c1ccc2[nH]nnc2c1[N+](=O)[O-]. The first-order valence-electron chi connectivity index (χ1n) is 3.74. The standard InChI is InChI=1S/C6H3N5O4/c12-10(13)4-2-1-3-5(8-9-7-3)6(4)11(14)15/h1-2H,(H,7,8,9). The van der Waals surface area contributed by atoms with E-state index < -0.39 is 21.2 Å². The van der Waals surface area contributed by atoms with E-state index in [1.807, 2.05) is 0 Å². The minimum absolute atomic E-state index is 0.116. The highest BCUT2D eigenvalue weighted by Crippen LogP contribution is 2.32. The van der Waals surface area contributed by atoms with E-state index in [0.29, 0.717) is 0 Å². The molecule has 76 valence electrons. The van der Waals surface area contributed by atoms with Crippen molar-refractivity contribution in [1.82, 2.24) is 15.4 Å². The van der Waals surface area contributed by atoms with Crippen molar-refractivity contribution in [3.8, 4) is 0 Å². The van der Waals surface area contributed by atoms with Crippen LogP contribution in [0.1, 0.15) is 0 Å². The predicted molar refractivity (Wildman–Crippen MR) is 47.2 cm³/mol. The first-order valence-corrected chi connectivity index (χ1v) is 3.74. The van der Waals surface area contributed by atoms with E-state index in [4.69, 9.17) is 0 Å². The van der Waals surface area contributed by atoms with Crippen LogP contribution in [0.4, 0.5) is 11.4 Å². The maximum atomic E-state index is 10.7. The van der Waals surface area contributed by atoms with Crippen LogP contribution < -0.4 is 0 Å². The summed E-state index contributed by atoms with van der Waals surface area (Å²) in [5, 5.41) is 30.4. The summed E-state index contributed by atoms with van der Waals surface area (Å²) in [4.78, 5) is 19.5. The number of nitrogens with one attached hydrogen (secondary N) is 1. The Hall–Kier alpha value is -2.58. The molecule has 0 spiro atoms. The van der Waals surface area contributed by atoms with Gasteiger partial charge in [0.2, 0.25) is 0 Å². The van der Waals surface area contributed by atoms with Gasteiger partial charge in [-0.2, -0.15) is 0 Å². The van der Waals surface area contributed by atoms with Crippen molar-refractivity contribution < 1.29 is 9.85 Å². The summed E-state index contributed by atoms with van der Waals surface area (Å²) in [6.07, 6.45) is 0. The number of H-pyrrole nitrogens is 1. The van der Waals surface area contributed by atoms with E-state index >= 15 is 0 Å². The Balaban J connectivity index is 2.87. The number of hydrogen-bond acceptors (Lipinski definition) is 6. The van der Waals surface area contributed by atoms with Crippen LogP contribution in [0, 0.1) is 20.2 Å². The van der Waals surface area contributed by atoms with Crippen molar-refractivity contribution in [2.75, 3.05) is 0 Å². The Bertz CT molecular complexity index is 562. The van der Waals surface area contributed by atoms with Crippen molar-refractivity contribution in [1.29, 1.82) is 0 Å². The van der Waals surface area contributed by atoms with Crippen LogP contribution in [-0.4, -0.2) is 25.3 Å². The molecule has 0 radical (unpaired) electrons. The fourth-order valence-electron chi connectivity index (χ4n) is 1.22. The Labute approximate surface area is 81.0 Å². The first kappa shape index (κ1) is 8.99. The number of aromatic nitrogens is 3. The lowest BCUT2D eigenvalue weighted by atomic mass is 10.2. The summed E-state index contributed by atoms with van der Waals surface area (Å²) in [7, 11) is 0. The van der Waals surface area contributed by atoms with Crippen molar-refractivity contribution in [2.24, 2.45) is 0 Å². The molecule has 2 rings (SSSR count). The molecular weight excluding hydrogens is 206 g/mol. The lowest BCUT2D eigenvalue weighted by Gasteiger charge is -1.93. The van der Waals surface area contributed by atoms with Crippen LogP contribution in [0.3, 0.4) is 0 Å². The van der Waals surface area contributed by atoms with Gasteiger partial charge in [0.15, 0.2) is 5.52 Å². The molecule has 15 heavy (non-hydrogen) atoms. The lowest BCUT2D eigenvalue weighted by molar-refractivity contribution is -0.421. The van der Waals surface area contributed by atoms with E-state index in [0.717, 1.165) is 6.07 Å². The zero-order valence-electron chi connectivity index (χ0n) is 7.08. The Morgan fingerprint density at radius 3 is 2.53 bits per heavy atom. The number of aromatic amines is 1. The van der Waals surface area contributed by atoms with Gasteiger partial charge in [-0.05, 0) is 6.07 Å². The molecule has 0 amide bonds. The van der Waals surface area contributed by atoms with Gasteiger partial charge in [0, 0.05) is 6.07 Å². The Morgan fingerprint density at radius 1 is 1.20 bits per heavy atom. The minimum Gasteiger partial charge on any atom is -0.258 e. The smallest absolute Gasteiger partial charge is 0.258 e. The lowest BCUT2D eigenvalue weighted by Crippen LogP contribution is -1.97. The topological polar surface area (TPSA) is 128 Å². The van der Waals surface area contributed by atoms with Gasteiger partial charge in [-0.1, -0.05) is 5.21 Å². The zero-order chi connectivity index (χ0) is 11.0. The average Bonchev–Trinajstić information content (AvgIpc) is 2.62. The summed E-state index contributed by atoms with van der Waals surface area (Å²) in [6, 6.07) is 2.36. The second-order valence-corrected chi connectivity index (χ2v) is 2.66. The van der Waals surface area contributed by atoms with Gasteiger partial charge >= 0.3 is 11.4 Å². The largest absolute Gasteiger partial charge is 0.375 e. The monoisotopic (exact) mass is 209 g/mol. The molecule has 0 aliphatic heterocycles. The molecule has 0 aliphatic carbocycles. The average molecular weight is 209 g/mol. The third kappa shape index (κ3) is 1.25. The van der Waals surface area contributed by atoms with Crippen molar-refractivity contribution >= 4 is 22.4 Å². The normalized spacial score (nSPS) is 10.4. The highest BCUT2D eigenvalue weighted by molar-refractivity contribution is 5.88. The second kappa shape index (κ2) is 2.97. The van der Waals surface area contributed by atoms with Crippen molar-refractivity contribution in [3.05, 3.63) is 32.4 Å². The molecule has 0 aliphatic rings. The maximum absolute atomic E-state index is 10.7. The van der Waals surface area contributed by atoms with Gasteiger partial charge in [0.1, 0.15) is 0 Å². The Morgan fingerprint density at radius 2 is 1.93 bits per heavy atom. The van der Waals surface area contributed by atoms with Crippen LogP contribution >= 0.6 is 0 Å². The molecule has 1 heterocycles. The van der Waals surface area contributed by atoms with Gasteiger partial charge in [0.05, 0.1) is 15.4 Å². The van der Waals surface area contributed by atoms with Crippen molar-refractivity contribution in [2.45, 2.75) is 0 Å². The predicted octanol–water partition coefficient (Wildman–Crippen LogP) is 0.774. The van der Waals surface area contributed by atoms with E-state index in [1.54, 1.807) is 0 Å². The summed E-state index contributed by atoms with van der Waals surface area (Å²) < 4.78 is 0. The summed E-state index contributed by atoms with van der Waals surface area (Å²) >= 11 is 0. The summed E-state index contributed by atoms with van der Waals surface area (Å²) in [5.41, 5.74) is -1.07. The third-order valence-electron chi connectivity index (χ3n) is 1.83. The molecule has 9 nitrogen and oxygen atoms in total. The van der Waals surface area contributed by atoms with Crippen LogP contribution in [0.15, 0.2) is 12.1 Å². The zero-order valence-corrected chi connectivity index (χ0v) is 7.08. The Kier molecular flexibility index (Phi) is 1.78. The fraction of sp³-hybridized carbons (Fsp3) is 0. The molecule has 2 aromatic rings. The molecule has 1 N–H and O–H groups in total. The molecule has 0 saturated carbocycles. The van der Waals surface area contributed by atoms with Gasteiger partial charge in [-0.15, -0.1) is 5.10 Å². The molecule has 1 aromatic heterocycles. The molecule has 1 aromatic carbocycles. The number of rotatable bonds is 2. The number of nitrogens with zero attached hydrogens (tertiary/aromatic N) is 4. The van der Waals surface area contributed by atoms with Gasteiger partial charge in [-0.3, -0.25) is 25.3 Å². The minimum atomic E-state index is -0.844. The van der Waals surface area contributed by atoms with Crippen molar-refractivity contribution in [3.63, 3.8) is 0 Å². The van der Waals surface area contributed by atoms with Crippen LogP contribution in [0.2, 0.25) is 0 Å². The van der Waals surface area contributed by atoms with Crippen LogP contribution in [0.5, 0.6) is 0 Å². The second-order valence-electron chi connectivity index (χ2n) is 2.66. The molecule has 0 fully saturated rings. The summed E-state index contributed by atoms with van der Waals surface area (Å²) in [6.45, 7) is 0. The number of fused-ring (bicyclic) bond motifs is 1. The fourth-order valence-corrected chi connectivity index (χ4v) is 1.22. The van der Waals surface area contributed by atoms with E-state index in [1.165, 1.54) is 6.07 Å². The molecule has 0 unspecified atom stereocenters. The number of hydrogen-bond donors (Lipinski definition) is 1. The molecule has 0 bridgehead atoms. The van der Waals surface area contributed by atoms with Gasteiger partial charge < -0.3 is 0 Å². The highest BCUT2D eigenvalue weighted by atomic mass is 16.6. The molecular formula is C6H3N5O4. The highest BCUT2D eigenvalue weighted by Gasteiger charge is 2.29. The number of nitro benzene ring substituents is 2. The number of nitro groups is 2. The van der Waals surface area contributed by atoms with Gasteiger partial charge in [0.25, 0.3) is 0 Å².